The van der Waals surface area contributed by atoms with E-state index in [-0.39, 0.29) is 12.3 Å². The standard InChI is InChI=1S/C14H10BrClINO/c15-10-5-6-12(17)13(8-10)18-14(19)7-9-3-1-2-4-11(9)16/h1-6,8H,7H2,(H,18,19). The van der Waals surface area contributed by atoms with E-state index in [9.17, 15) is 4.79 Å². The average molecular weight is 451 g/mol. The Labute approximate surface area is 138 Å². The van der Waals surface area contributed by atoms with Gasteiger partial charge in [-0.1, -0.05) is 45.7 Å². The molecule has 0 fully saturated rings. The number of halogens is 3. The molecule has 0 aliphatic carbocycles. The predicted molar refractivity (Wildman–Crippen MR) is 90.6 cm³/mol. The third-order valence-corrected chi connectivity index (χ3v) is 4.31. The fraction of sp³-hybridized carbons (Fsp3) is 0.0714. The molecule has 0 spiro atoms. The van der Waals surface area contributed by atoms with Gasteiger partial charge in [0.25, 0.3) is 0 Å². The molecule has 0 saturated carbocycles. The summed E-state index contributed by atoms with van der Waals surface area (Å²) >= 11 is 11.6. The largest absolute Gasteiger partial charge is 0.325 e. The van der Waals surface area contributed by atoms with E-state index in [1.54, 1.807) is 6.07 Å². The fourth-order valence-corrected chi connectivity index (χ4v) is 2.64. The molecule has 19 heavy (non-hydrogen) atoms. The number of carbonyl (C=O) groups excluding carboxylic acids is 1. The van der Waals surface area contributed by atoms with Crippen LogP contribution in [0.15, 0.2) is 46.9 Å². The van der Waals surface area contributed by atoms with Crippen LogP contribution in [-0.4, -0.2) is 5.91 Å². The van der Waals surface area contributed by atoms with Crippen molar-refractivity contribution in [3.8, 4) is 0 Å². The Kier molecular flexibility index (Phi) is 5.24. The molecular formula is C14H10BrClINO. The van der Waals surface area contributed by atoms with E-state index < -0.39 is 0 Å². The summed E-state index contributed by atoms with van der Waals surface area (Å²) in [7, 11) is 0. The summed E-state index contributed by atoms with van der Waals surface area (Å²) in [5, 5.41) is 3.50. The predicted octanol–water partition coefficient (Wildman–Crippen LogP) is 4.89. The molecule has 0 saturated heterocycles. The Hall–Kier alpha value is -0.590. The molecule has 0 heterocycles. The van der Waals surface area contributed by atoms with Gasteiger partial charge in [-0.05, 0) is 52.4 Å². The molecule has 5 heteroatoms. The van der Waals surface area contributed by atoms with Crippen molar-refractivity contribution in [3.63, 3.8) is 0 Å². The van der Waals surface area contributed by atoms with Crippen LogP contribution >= 0.6 is 50.1 Å². The molecule has 0 aliphatic rings. The minimum Gasteiger partial charge on any atom is -0.325 e. The average Bonchev–Trinajstić information content (AvgIpc) is 2.37. The number of hydrogen-bond donors (Lipinski definition) is 1. The van der Waals surface area contributed by atoms with Crippen LogP contribution in [-0.2, 0) is 11.2 Å². The smallest absolute Gasteiger partial charge is 0.228 e. The van der Waals surface area contributed by atoms with Gasteiger partial charge in [-0.3, -0.25) is 4.79 Å². The summed E-state index contributed by atoms with van der Waals surface area (Å²) < 4.78 is 1.93. The summed E-state index contributed by atoms with van der Waals surface area (Å²) in [5.74, 6) is -0.0795. The molecule has 98 valence electrons. The lowest BCUT2D eigenvalue weighted by Crippen LogP contribution is -2.15. The molecule has 2 aromatic carbocycles. The monoisotopic (exact) mass is 449 g/mol. The van der Waals surface area contributed by atoms with Crippen molar-refractivity contribution in [2.45, 2.75) is 6.42 Å². The Balaban J connectivity index is 2.10. The first-order valence-corrected chi connectivity index (χ1v) is 7.79. The van der Waals surface area contributed by atoms with E-state index >= 15 is 0 Å². The lowest BCUT2D eigenvalue weighted by atomic mass is 10.1. The highest BCUT2D eigenvalue weighted by Gasteiger charge is 2.09. The molecular weight excluding hydrogens is 440 g/mol. The van der Waals surface area contributed by atoms with Crippen LogP contribution in [0.1, 0.15) is 5.56 Å². The molecule has 1 amide bonds. The fourth-order valence-electron chi connectivity index (χ4n) is 1.60. The Morgan fingerprint density at radius 2 is 2.00 bits per heavy atom. The van der Waals surface area contributed by atoms with Gasteiger partial charge in [-0.25, -0.2) is 0 Å². The first-order chi connectivity index (χ1) is 9.06. The third-order valence-electron chi connectivity index (χ3n) is 2.51. The maximum absolute atomic E-state index is 12.0. The van der Waals surface area contributed by atoms with E-state index in [2.05, 4.69) is 43.8 Å². The van der Waals surface area contributed by atoms with Gasteiger partial charge in [0, 0.05) is 13.1 Å². The minimum atomic E-state index is -0.0795. The van der Waals surface area contributed by atoms with Gasteiger partial charge in [0.2, 0.25) is 5.91 Å². The van der Waals surface area contributed by atoms with E-state index in [1.807, 2.05) is 36.4 Å². The van der Waals surface area contributed by atoms with Crippen molar-refractivity contribution in [3.05, 3.63) is 61.1 Å². The summed E-state index contributed by atoms with van der Waals surface area (Å²) in [6.07, 6.45) is 0.266. The van der Waals surface area contributed by atoms with Gasteiger partial charge in [0.05, 0.1) is 12.1 Å². The highest BCUT2D eigenvalue weighted by molar-refractivity contribution is 14.1. The van der Waals surface area contributed by atoms with Crippen molar-refractivity contribution in [2.24, 2.45) is 0 Å². The van der Waals surface area contributed by atoms with E-state index in [0.29, 0.717) is 5.02 Å². The van der Waals surface area contributed by atoms with Crippen molar-refractivity contribution in [1.82, 2.24) is 0 Å². The zero-order valence-electron chi connectivity index (χ0n) is 9.79. The number of carbonyl (C=O) groups is 1. The molecule has 1 N–H and O–H groups in total. The first kappa shape index (κ1) is 14.8. The minimum absolute atomic E-state index is 0.0795. The van der Waals surface area contributed by atoms with E-state index in [1.165, 1.54) is 0 Å². The van der Waals surface area contributed by atoms with Crippen molar-refractivity contribution >= 4 is 61.7 Å². The highest BCUT2D eigenvalue weighted by atomic mass is 127. The number of benzene rings is 2. The Morgan fingerprint density at radius 3 is 2.74 bits per heavy atom. The van der Waals surface area contributed by atoms with Crippen LogP contribution in [0.25, 0.3) is 0 Å². The number of amides is 1. The normalized spacial score (nSPS) is 10.3. The maximum Gasteiger partial charge on any atom is 0.228 e. The van der Waals surface area contributed by atoms with Crippen molar-refractivity contribution in [2.75, 3.05) is 5.32 Å². The van der Waals surface area contributed by atoms with Gasteiger partial charge in [0.15, 0.2) is 0 Å². The number of rotatable bonds is 3. The summed E-state index contributed by atoms with van der Waals surface area (Å²) in [5.41, 5.74) is 1.62. The second-order valence-electron chi connectivity index (χ2n) is 3.94. The van der Waals surface area contributed by atoms with Crippen LogP contribution in [0.5, 0.6) is 0 Å². The molecule has 2 rings (SSSR count). The molecule has 0 aliphatic heterocycles. The third kappa shape index (κ3) is 4.19. The molecule has 0 unspecified atom stereocenters. The van der Waals surface area contributed by atoms with Crippen LogP contribution in [0, 0.1) is 3.57 Å². The summed E-state index contributed by atoms with van der Waals surface area (Å²) in [6, 6.07) is 13.1. The van der Waals surface area contributed by atoms with Gasteiger partial charge in [-0.15, -0.1) is 0 Å². The molecule has 0 radical (unpaired) electrons. The SMILES string of the molecule is O=C(Cc1ccccc1Cl)Nc1cc(Br)ccc1I. The second kappa shape index (κ2) is 6.72. The number of anilines is 1. The topological polar surface area (TPSA) is 29.1 Å². The lowest BCUT2D eigenvalue weighted by Gasteiger charge is -2.08. The Morgan fingerprint density at radius 1 is 1.26 bits per heavy atom. The van der Waals surface area contributed by atoms with Crippen molar-refractivity contribution in [1.29, 1.82) is 0 Å². The van der Waals surface area contributed by atoms with Crippen LogP contribution in [0.3, 0.4) is 0 Å². The maximum atomic E-state index is 12.0. The zero-order chi connectivity index (χ0) is 13.8. The molecule has 0 aromatic heterocycles. The second-order valence-corrected chi connectivity index (χ2v) is 6.43. The van der Waals surface area contributed by atoms with Gasteiger partial charge < -0.3 is 5.32 Å². The van der Waals surface area contributed by atoms with E-state index in [4.69, 9.17) is 11.6 Å². The van der Waals surface area contributed by atoms with Crippen LogP contribution in [0.2, 0.25) is 5.02 Å². The van der Waals surface area contributed by atoms with Gasteiger partial charge >= 0.3 is 0 Å². The zero-order valence-corrected chi connectivity index (χ0v) is 14.3. The molecule has 0 atom stereocenters. The van der Waals surface area contributed by atoms with Crippen LogP contribution in [0.4, 0.5) is 5.69 Å². The summed E-state index contributed by atoms with van der Waals surface area (Å²) in [6.45, 7) is 0. The van der Waals surface area contributed by atoms with Gasteiger partial charge in [0.1, 0.15) is 0 Å². The van der Waals surface area contributed by atoms with Gasteiger partial charge in [-0.2, -0.15) is 0 Å². The molecule has 0 bridgehead atoms. The Bertz CT molecular complexity index is 618. The quantitative estimate of drug-likeness (QED) is 0.663. The molecule has 2 aromatic rings. The first-order valence-electron chi connectivity index (χ1n) is 5.54. The van der Waals surface area contributed by atoms with Crippen LogP contribution < -0.4 is 5.32 Å². The van der Waals surface area contributed by atoms with E-state index in [0.717, 1.165) is 19.3 Å². The number of hydrogen-bond acceptors (Lipinski definition) is 1. The lowest BCUT2D eigenvalue weighted by molar-refractivity contribution is -0.115. The summed E-state index contributed by atoms with van der Waals surface area (Å²) in [4.78, 5) is 12.0. The number of nitrogens with one attached hydrogen (secondary N) is 1. The molecule has 2 nitrogen and oxygen atoms in total. The highest BCUT2D eigenvalue weighted by Crippen LogP contribution is 2.23. The van der Waals surface area contributed by atoms with Crippen molar-refractivity contribution < 1.29 is 4.79 Å².